The number of nitrogens with zero attached hydrogens (tertiary/aromatic N) is 1. The number of para-hydroxylation sites is 2. The van der Waals surface area contributed by atoms with E-state index in [1.165, 1.54) is 6.07 Å². The minimum Gasteiger partial charge on any atom is -0.342 e. The zero-order valence-electron chi connectivity index (χ0n) is 11.4. The molecule has 0 unspecified atom stereocenters. The van der Waals surface area contributed by atoms with Gasteiger partial charge in [0.15, 0.2) is 0 Å². The molecule has 2 aromatic rings. The fourth-order valence-electron chi connectivity index (χ4n) is 2.10. The van der Waals surface area contributed by atoms with Crippen molar-refractivity contribution in [3.8, 4) is 0 Å². The Morgan fingerprint density at radius 2 is 1.63 bits per heavy atom. The smallest absolute Gasteiger partial charge is 0.146 e. The van der Waals surface area contributed by atoms with Crippen molar-refractivity contribution < 1.29 is 4.39 Å². The summed E-state index contributed by atoms with van der Waals surface area (Å²) in [6, 6.07) is 14.9. The average molecular weight is 258 g/mol. The Morgan fingerprint density at radius 1 is 1.00 bits per heavy atom. The van der Waals surface area contributed by atoms with Crippen molar-refractivity contribution in [2.75, 3.05) is 18.5 Å². The summed E-state index contributed by atoms with van der Waals surface area (Å²) in [6.07, 6.45) is 0. The van der Waals surface area contributed by atoms with E-state index in [4.69, 9.17) is 0 Å². The van der Waals surface area contributed by atoms with Crippen molar-refractivity contribution in [2.24, 2.45) is 0 Å². The quantitative estimate of drug-likeness (QED) is 0.879. The van der Waals surface area contributed by atoms with Crippen molar-refractivity contribution in [1.82, 2.24) is 5.32 Å². The highest BCUT2D eigenvalue weighted by molar-refractivity contribution is 5.66. The van der Waals surface area contributed by atoms with Crippen LogP contribution in [0.3, 0.4) is 0 Å². The van der Waals surface area contributed by atoms with Crippen LogP contribution in [0.5, 0.6) is 0 Å². The van der Waals surface area contributed by atoms with Crippen molar-refractivity contribution in [1.29, 1.82) is 0 Å². The molecule has 2 nitrogen and oxygen atoms in total. The molecule has 0 aliphatic heterocycles. The normalized spacial score (nSPS) is 10.5. The first-order valence-corrected chi connectivity index (χ1v) is 6.51. The lowest BCUT2D eigenvalue weighted by atomic mass is 10.1. The van der Waals surface area contributed by atoms with E-state index in [0.717, 1.165) is 24.3 Å². The molecule has 0 fully saturated rings. The number of hydrogen-bond donors (Lipinski definition) is 1. The van der Waals surface area contributed by atoms with Gasteiger partial charge in [-0.25, -0.2) is 4.39 Å². The van der Waals surface area contributed by atoms with Crippen LogP contribution in [-0.4, -0.2) is 13.6 Å². The standard InChI is InChI=1S/C16H19FN2/c1-3-18-12-13-8-4-6-10-15(13)19(2)16-11-7-5-9-14(16)17/h4-11,18H,3,12H2,1-2H3. The highest BCUT2D eigenvalue weighted by Crippen LogP contribution is 2.28. The maximum atomic E-state index is 13.9. The number of benzene rings is 2. The van der Waals surface area contributed by atoms with Gasteiger partial charge in [-0.3, -0.25) is 0 Å². The summed E-state index contributed by atoms with van der Waals surface area (Å²) in [7, 11) is 1.89. The number of halogens is 1. The summed E-state index contributed by atoms with van der Waals surface area (Å²) in [5.41, 5.74) is 2.77. The van der Waals surface area contributed by atoms with E-state index in [2.05, 4.69) is 18.3 Å². The average Bonchev–Trinajstić information content (AvgIpc) is 2.45. The van der Waals surface area contributed by atoms with Gasteiger partial charge in [0.05, 0.1) is 5.69 Å². The van der Waals surface area contributed by atoms with Gasteiger partial charge in [-0.2, -0.15) is 0 Å². The van der Waals surface area contributed by atoms with Gasteiger partial charge in [0.1, 0.15) is 5.82 Å². The van der Waals surface area contributed by atoms with Gasteiger partial charge in [-0.1, -0.05) is 37.3 Å². The Balaban J connectivity index is 2.33. The second-order valence-electron chi connectivity index (χ2n) is 4.42. The Labute approximate surface area is 113 Å². The number of anilines is 2. The molecule has 0 saturated heterocycles. The van der Waals surface area contributed by atoms with Gasteiger partial charge in [-0.15, -0.1) is 0 Å². The lowest BCUT2D eigenvalue weighted by Crippen LogP contribution is -2.17. The Kier molecular flexibility index (Phi) is 4.53. The number of rotatable bonds is 5. The van der Waals surface area contributed by atoms with Crippen LogP contribution in [0.4, 0.5) is 15.8 Å². The molecule has 0 spiro atoms. The van der Waals surface area contributed by atoms with Crippen molar-refractivity contribution in [3.63, 3.8) is 0 Å². The molecule has 0 bridgehead atoms. The molecule has 0 atom stereocenters. The van der Waals surface area contributed by atoms with E-state index < -0.39 is 0 Å². The summed E-state index contributed by atoms with van der Waals surface area (Å²) in [4.78, 5) is 1.89. The lowest BCUT2D eigenvalue weighted by Gasteiger charge is -2.23. The van der Waals surface area contributed by atoms with Gasteiger partial charge in [-0.05, 0) is 30.3 Å². The lowest BCUT2D eigenvalue weighted by molar-refractivity contribution is 0.627. The van der Waals surface area contributed by atoms with Crippen LogP contribution in [-0.2, 0) is 6.54 Å². The third-order valence-electron chi connectivity index (χ3n) is 3.13. The summed E-state index contributed by atoms with van der Waals surface area (Å²) >= 11 is 0. The minimum absolute atomic E-state index is 0.205. The zero-order valence-corrected chi connectivity index (χ0v) is 11.4. The molecule has 0 amide bonds. The molecule has 0 saturated carbocycles. The van der Waals surface area contributed by atoms with E-state index in [1.54, 1.807) is 12.1 Å². The van der Waals surface area contributed by atoms with Crippen LogP contribution in [0.25, 0.3) is 0 Å². The zero-order chi connectivity index (χ0) is 13.7. The molecule has 1 N–H and O–H groups in total. The van der Waals surface area contributed by atoms with Crippen molar-refractivity contribution >= 4 is 11.4 Å². The highest BCUT2D eigenvalue weighted by atomic mass is 19.1. The second kappa shape index (κ2) is 6.34. The molecule has 0 aromatic heterocycles. The third-order valence-corrected chi connectivity index (χ3v) is 3.13. The van der Waals surface area contributed by atoms with Gasteiger partial charge < -0.3 is 10.2 Å². The van der Waals surface area contributed by atoms with Crippen molar-refractivity contribution in [3.05, 3.63) is 59.9 Å². The molecule has 0 heterocycles. The fourth-order valence-corrected chi connectivity index (χ4v) is 2.10. The Hall–Kier alpha value is -1.87. The van der Waals surface area contributed by atoms with E-state index >= 15 is 0 Å². The number of nitrogens with one attached hydrogen (secondary N) is 1. The molecule has 3 heteroatoms. The first kappa shape index (κ1) is 13.6. The first-order chi connectivity index (χ1) is 9.24. The molecule has 2 rings (SSSR count). The van der Waals surface area contributed by atoms with Crippen LogP contribution < -0.4 is 10.2 Å². The van der Waals surface area contributed by atoms with Crippen molar-refractivity contribution in [2.45, 2.75) is 13.5 Å². The van der Waals surface area contributed by atoms with Crippen LogP contribution in [0.2, 0.25) is 0 Å². The predicted molar refractivity (Wildman–Crippen MR) is 78.3 cm³/mol. The second-order valence-corrected chi connectivity index (χ2v) is 4.42. The fraction of sp³-hybridized carbons (Fsp3) is 0.250. The minimum atomic E-state index is -0.205. The molecule has 0 aliphatic rings. The van der Waals surface area contributed by atoms with Crippen LogP contribution in [0, 0.1) is 5.82 Å². The van der Waals surface area contributed by atoms with Crippen LogP contribution >= 0.6 is 0 Å². The predicted octanol–water partition coefficient (Wildman–Crippen LogP) is 3.70. The maximum Gasteiger partial charge on any atom is 0.146 e. The topological polar surface area (TPSA) is 15.3 Å². The molecular weight excluding hydrogens is 239 g/mol. The molecule has 0 aliphatic carbocycles. The molecule has 100 valence electrons. The Bertz CT molecular complexity index is 540. The summed E-state index contributed by atoms with van der Waals surface area (Å²) in [5.74, 6) is -0.205. The molecule has 19 heavy (non-hydrogen) atoms. The molecule has 2 aromatic carbocycles. The summed E-state index contributed by atoms with van der Waals surface area (Å²) < 4.78 is 13.9. The summed E-state index contributed by atoms with van der Waals surface area (Å²) in [5, 5.41) is 3.31. The van der Waals surface area contributed by atoms with Crippen LogP contribution in [0.15, 0.2) is 48.5 Å². The number of hydrogen-bond acceptors (Lipinski definition) is 2. The first-order valence-electron chi connectivity index (χ1n) is 6.51. The molecular formula is C16H19FN2. The monoisotopic (exact) mass is 258 g/mol. The Morgan fingerprint density at radius 3 is 2.32 bits per heavy atom. The van der Waals surface area contributed by atoms with Crippen LogP contribution in [0.1, 0.15) is 12.5 Å². The maximum absolute atomic E-state index is 13.9. The largest absolute Gasteiger partial charge is 0.342 e. The summed E-state index contributed by atoms with van der Waals surface area (Å²) in [6.45, 7) is 3.77. The van der Waals surface area contributed by atoms with E-state index in [0.29, 0.717) is 5.69 Å². The van der Waals surface area contributed by atoms with Gasteiger partial charge in [0.2, 0.25) is 0 Å². The molecule has 0 radical (unpaired) electrons. The van der Waals surface area contributed by atoms with Gasteiger partial charge >= 0.3 is 0 Å². The highest BCUT2D eigenvalue weighted by Gasteiger charge is 2.11. The van der Waals surface area contributed by atoms with Gasteiger partial charge in [0, 0.05) is 19.3 Å². The van der Waals surface area contributed by atoms with E-state index in [1.807, 2.05) is 36.2 Å². The third kappa shape index (κ3) is 3.12. The van der Waals surface area contributed by atoms with Gasteiger partial charge in [0.25, 0.3) is 0 Å². The van der Waals surface area contributed by atoms with E-state index in [-0.39, 0.29) is 5.82 Å². The van der Waals surface area contributed by atoms with E-state index in [9.17, 15) is 4.39 Å². The SMILES string of the molecule is CCNCc1ccccc1N(C)c1ccccc1F.